The maximum Gasteiger partial charge on any atom is 0.335 e. The summed E-state index contributed by atoms with van der Waals surface area (Å²) in [5.74, 6) is -0.205. The summed E-state index contributed by atoms with van der Waals surface area (Å²) in [6.07, 6.45) is 0. The molecule has 21 heavy (non-hydrogen) atoms. The van der Waals surface area contributed by atoms with E-state index in [2.05, 4.69) is 10.1 Å². The molecule has 1 heterocycles. The molecule has 0 bridgehead atoms. The van der Waals surface area contributed by atoms with Gasteiger partial charge in [0.15, 0.2) is 0 Å². The highest BCUT2D eigenvalue weighted by Crippen LogP contribution is 2.23. The molecule has 0 saturated carbocycles. The molecule has 5 heteroatoms. The lowest BCUT2D eigenvalue weighted by Crippen LogP contribution is -1.96. The van der Waals surface area contributed by atoms with Crippen LogP contribution in [0.3, 0.4) is 0 Å². The number of hydrogen-bond donors (Lipinski definition) is 1. The third kappa shape index (κ3) is 2.67. The van der Waals surface area contributed by atoms with E-state index in [9.17, 15) is 4.79 Å². The van der Waals surface area contributed by atoms with Crippen LogP contribution in [-0.4, -0.2) is 21.2 Å². The van der Waals surface area contributed by atoms with Crippen molar-refractivity contribution in [3.8, 4) is 22.8 Å². The van der Waals surface area contributed by atoms with Crippen molar-refractivity contribution < 1.29 is 14.4 Å². The van der Waals surface area contributed by atoms with Crippen LogP contribution in [0.1, 0.15) is 15.9 Å². The predicted octanol–water partition coefficient (Wildman–Crippen LogP) is 3.41. The molecule has 5 nitrogen and oxygen atoms in total. The molecule has 1 N–H and O–H groups in total. The summed E-state index contributed by atoms with van der Waals surface area (Å²) >= 11 is 0. The van der Waals surface area contributed by atoms with Crippen LogP contribution in [-0.2, 0) is 0 Å². The summed E-state index contributed by atoms with van der Waals surface area (Å²) in [6, 6.07) is 14.2. The topological polar surface area (TPSA) is 76.2 Å². The second kappa shape index (κ2) is 5.20. The minimum atomic E-state index is -0.987. The summed E-state index contributed by atoms with van der Waals surface area (Å²) < 4.78 is 5.25. The number of benzene rings is 2. The van der Waals surface area contributed by atoms with E-state index in [-0.39, 0.29) is 5.56 Å². The van der Waals surface area contributed by atoms with E-state index in [4.69, 9.17) is 9.63 Å². The van der Waals surface area contributed by atoms with Crippen LogP contribution in [0.25, 0.3) is 22.8 Å². The van der Waals surface area contributed by atoms with Crippen LogP contribution < -0.4 is 0 Å². The number of hydrogen-bond acceptors (Lipinski definition) is 4. The van der Waals surface area contributed by atoms with Crippen molar-refractivity contribution in [2.75, 3.05) is 0 Å². The summed E-state index contributed by atoms with van der Waals surface area (Å²) in [5.41, 5.74) is 2.73. The molecule has 0 amide bonds. The second-order valence-electron chi connectivity index (χ2n) is 4.68. The van der Waals surface area contributed by atoms with E-state index in [0.29, 0.717) is 17.3 Å². The zero-order chi connectivity index (χ0) is 14.8. The number of aromatic nitrogens is 2. The first-order valence-electron chi connectivity index (χ1n) is 6.38. The summed E-state index contributed by atoms with van der Waals surface area (Å²) in [4.78, 5) is 15.3. The van der Waals surface area contributed by atoms with Gasteiger partial charge in [-0.3, -0.25) is 0 Å². The Morgan fingerprint density at radius 3 is 2.62 bits per heavy atom. The fourth-order valence-electron chi connectivity index (χ4n) is 2.03. The molecule has 0 aliphatic heterocycles. The Morgan fingerprint density at radius 2 is 1.86 bits per heavy atom. The third-order valence-electron chi connectivity index (χ3n) is 3.06. The number of carboxylic acids is 1. The van der Waals surface area contributed by atoms with Gasteiger partial charge in [0.2, 0.25) is 5.82 Å². The molecule has 0 aliphatic carbocycles. The lowest BCUT2D eigenvalue weighted by Gasteiger charge is -1.97. The number of aromatic carboxylic acids is 1. The SMILES string of the molecule is Cc1cccc(-c2nc(-c3cccc(C(=O)O)c3)no2)c1. The van der Waals surface area contributed by atoms with E-state index in [0.717, 1.165) is 11.1 Å². The van der Waals surface area contributed by atoms with Crippen LogP contribution in [0.4, 0.5) is 0 Å². The molecule has 1 aromatic heterocycles. The fraction of sp³-hybridized carbons (Fsp3) is 0.0625. The van der Waals surface area contributed by atoms with Gasteiger partial charge in [0, 0.05) is 11.1 Å². The lowest BCUT2D eigenvalue weighted by molar-refractivity contribution is 0.0697. The zero-order valence-electron chi connectivity index (χ0n) is 11.3. The Kier molecular flexibility index (Phi) is 3.23. The Morgan fingerprint density at radius 1 is 1.10 bits per heavy atom. The van der Waals surface area contributed by atoms with Crippen LogP contribution in [0.2, 0.25) is 0 Å². The van der Waals surface area contributed by atoms with Gasteiger partial charge in [-0.15, -0.1) is 0 Å². The molecular weight excluding hydrogens is 268 g/mol. The van der Waals surface area contributed by atoms with Gasteiger partial charge >= 0.3 is 5.97 Å². The first kappa shape index (κ1) is 13.1. The van der Waals surface area contributed by atoms with E-state index >= 15 is 0 Å². The van der Waals surface area contributed by atoms with E-state index < -0.39 is 5.97 Å². The van der Waals surface area contributed by atoms with Gasteiger partial charge in [-0.1, -0.05) is 35.0 Å². The predicted molar refractivity (Wildman–Crippen MR) is 76.9 cm³/mol. The Balaban J connectivity index is 1.98. The molecular formula is C16H12N2O3. The molecule has 2 aromatic carbocycles. The first-order chi connectivity index (χ1) is 10.1. The normalized spacial score (nSPS) is 10.5. The molecule has 0 radical (unpaired) electrons. The quantitative estimate of drug-likeness (QED) is 0.795. The fourth-order valence-corrected chi connectivity index (χ4v) is 2.03. The van der Waals surface area contributed by atoms with Crippen molar-refractivity contribution in [2.24, 2.45) is 0 Å². The minimum Gasteiger partial charge on any atom is -0.478 e. The van der Waals surface area contributed by atoms with Crippen molar-refractivity contribution in [3.05, 3.63) is 59.7 Å². The third-order valence-corrected chi connectivity index (χ3v) is 3.06. The molecule has 0 saturated heterocycles. The average Bonchev–Trinajstić information content (AvgIpc) is 2.97. The Bertz CT molecular complexity index is 809. The summed E-state index contributed by atoms with van der Waals surface area (Å²) in [5, 5.41) is 12.9. The van der Waals surface area contributed by atoms with Gasteiger partial charge in [-0.25, -0.2) is 4.79 Å². The number of carbonyl (C=O) groups is 1. The number of carboxylic acid groups (broad SMARTS) is 1. The average molecular weight is 280 g/mol. The number of nitrogens with zero attached hydrogens (tertiary/aromatic N) is 2. The van der Waals surface area contributed by atoms with Gasteiger partial charge in [-0.2, -0.15) is 4.98 Å². The summed E-state index contributed by atoms with van der Waals surface area (Å²) in [7, 11) is 0. The maximum atomic E-state index is 11.0. The first-order valence-corrected chi connectivity index (χ1v) is 6.38. The van der Waals surface area contributed by atoms with E-state index in [1.807, 2.05) is 31.2 Å². The lowest BCUT2D eigenvalue weighted by atomic mass is 10.1. The van der Waals surface area contributed by atoms with Crippen molar-refractivity contribution in [1.29, 1.82) is 0 Å². The summed E-state index contributed by atoms with van der Waals surface area (Å²) in [6.45, 7) is 1.98. The molecule has 0 unspecified atom stereocenters. The molecule has 3 aromatic rings. The molecule has 0 fully saturated rings. The minimum absolute atomic E-state index is 0.189. The van der Waals surface area contributed by atoms with Crippen molar-refractivity contribution in [1.82, 2.24) is 10.1 Å². The largest absolute Gasteiger partial charge is 0.478 e. The van der Waals surface area contributed by atoms with E-state index in [1.54, 1.807) is 12.1 Å². The van der Waals surface area contributed by atoms with Gasteiger partial charge in [0.1, 0.15) is 0 Å². The van der Waals surface area contributed by atoms with Crippen LogP contribution in [0.15, 0.2) is 53.1 Å². The molecule has 0 spiro atoms. The standard InChI is InChI=1S/C16H12N2O3/c1-10-4-2-6-12(8-10)15-17-14(18-21-15)11-5-3-7-13(9-11)16(19)20/h2-9H,1H3,(H,19,20). The van der Waals surface area contributed by atoms with Crippen LogP contribution in [0.5, 0.6) is 0 Å². The highest BCUT2D eigenvalue weighted by atomic mass is 16.5. The van der Waals surface area contributed by atoms with Crippen molar-refractivity contribution >= 4 is 5.97 Å². The Hall–Kier alpha value is -2.95. The van der Waals surface area contributed by atoms with Gasteiger partial charge in [0.05, 0.1) is 5.56 Å². The van der Waals surface area contributed by atoms with Gasteiger partial charge < -0.3 is 9.63 Å². The second-order valence-corrected chi connectivity index (χ2v) is 4.68. The van der Waals surface area contributed by atoms with Crippen LogP contribution >= 0.6 is 0 Å². The molecule has 104 valence electrons. The zero-order valence-corrected chi connectivity index (χ0v) is 11.3. The molecule has 0 atom stereocenters. The Labute approximate surface area is 120 Å². The molecule has 0 aliphatic rings. The van der Waals surface area contributed by atoms with Gasteiger partial charge in [-0.05, 0) is 31.2 Å². The van der Waals surface area contributed by atoms with Crippen molar-refractivity contribution in [2.45, 2.75) is 6.92 Å². The highest BCUT2D eigenvalue weighted by molar-refractivity contribution is 5.89. The number of rotatable bonds is 3. The van der Waals surface area contributed by atoms with Crippen LogP contribution in [0, 0.1) is 6.92 Å². The van der Waals surface area contributed by atoms with Gasteiger partial charge in [0.25, 0.3) is 5.89 Å². The van der Waals surface area contributed by atoms with Crippen molar-refractivity contribution in [3.63, 3.8) is 0 Å². The smallest absolute Gasteiger partial charge is 0.335 e. The molecule has 3 rings (SSSR count). The maximum absolute atomic E-state index is 11.0. The van der Waals surface area contributed by atoms with E-state index in [1.165, 1.54) is 12.1 Å². The number of aryl methyl sites for hydroxylation is 1. The highest BCUT2D eigenvalue weighted by Gasteiger charge is 2.12. The monoisotopic (exact) mass is 280 g/mol.